The zero-order valence-corrected chi connectivity index (χ0v) is 17.5. The highest BCUT2D eigenvalue weighted by Crippen LogP contribution is 2.30. The van der Waals surface area contributed by atoms with Gasteiger partial charge in [0.1, 0.15) is 11.9 Å². The van der Waals surface area contributed by atoms with Gasteiger partial charge in [0.25, 0.3) is 0 Å². The van der Waals surface area contributed by atoms with Gasteiger partial charge in [0.05, 0.1) is 5.02 Å². The smallest absolute Gasteiger partial charge is 0.225 e. The molecule has 1 aromatic heterocycles. The van der Waals surface area contributed by atoms with Gasteiger partial charge >= 0.3 is 0 Å². The Morgan fingerprint density at radius 3 is 2.43 bits per heavy atom. The van der Waals surface area contributed by atoms with Crippen LogP contribution in [0.15, 0.2) is 30.6 Å². The number of halogens is 1. The summed E-state index contributed by atoms with van der Waals surface area (Å²) in [7, 11) is 0. The average molecular weight is 401 g/mol. The summed E-state index contributed by atoms with van der Waals surface area (Å²) in [6, 6.07) is 6.22. The number of hydrogen-bond acceptors (Lipinski definition) is 5. The van der Waals surface area contributed by atoms with Crippen LogP contribution in [0.2, 0.25) is 5.02 Å². The molecule has 2 aromatic rings. The van der Waals surface area contributed by atoms with Crippen LogP contribution in [0.5, 0.6) is 5.75 Å². The second-order valence-electron chi connectivity index (χ2n) is 8.11. The molecular weight excluding hydrogens is 372 g/mol. The van der Waals surface area contributed by atoms with Gasteiger partial charge in [0.2, 0.25) is 5.95 Å². The first-order valence-electron chi connectivity index (χ1n) is 10.3. The number of piperidine rings is 1. The quantitative estimate of drug-likeness (QED) is 0.727. The predicted octanol–water partition coefficient (Wildman–Crippen LogP) is 4.19. The number of aryl methyl sites for hydroxylation is 1. The predicted molar refractivity (Wildman–Crippen MR) is 113 cm³/mol. The Balaban J connectivity index is 1.29. The third-order valence-electron chi connectivity index (χ3n) is 5.66. The fourth-order valence-electron chi connectivity index (χ4n) is 4.00. The van der Waals surface area contributed by atoms with E-state index >= 15 is 0 Å². The van der Waals surface area contributed by atoms with Crippen LogP contribution in [0.3, 0.4) is 0 Å². The van der Waals surface area contributed by atoms with Crippen LogP contribution < -0.4 is 9.64 Å². The van der Waals surface area contributed by atoms with E-state index in [4.69, 9.17) is 16.3 Å². The van der Waals surface area contributed by atoms with Gasteiger partial charge in [-0.3, -0.25) is 4.90 Å². The highest BCUT2D eigenvalue weighted by Gasteiger charge is 2.24. The summed E-state index contributed by atoms with van der Waals surface area (Å²) in [6.45, 7) is 9.54. The molecule has 0 atom stereocenters. The third-order valence-corrected chi connectivity index (χ3v) is 5.96. The summed E-state index contributed by atoms with van der Waals surface area (Å²) in [4.78, 5) is 13.7. The highest BCUT2D eigenvalue weighted by molar-refractivity contribution is 6.32. The topological polar surface area (TPSA) is 41.5 Å². The fraction of sp³-hybridized carbons (Fsp3) is 0.545. The number of hydrogen-bond donors (Lipinski definition) is 0. The van der Waals surface area contributed by atoms with Crippen molar-refractivity contribution in [2.24, 2.45) is 5.92 Å². The average Bonchev–Trinajstić information content (AvgIpc) is 2.69. The molecule has 150 valence electrons. The maximum atomic E-state index is 6.50. The van der Waals surface area contributed by atoms with Crippen molar-refractivity contribution in [1.82, 2.24) is 14.9 Å². The molecule has 2 saturated heterocycles. The minimum Gasteiger partial charge on any atom is -0.489 e. The molecule has 2 aliphatic rings. The molecule has 1 aromatic carbocycles. The van der Waals surface area contributed by atoms with E-state index in [2.05, 4.69) is 45.7 Å². The van der Waals surface area contributed by atoms with Crippen molar-refractivity contribution in [2.45, 2.75) is 45.8 Å². The molecule has 5 nitrogen and oxygen atoms in total. The van der Waals surface area contributed by atoms with Gasteiger partial charge in [-0.1, -0.05) is 31.5 Å². The zero-order valence-electron chi connectivity index (χ0n) is 16.8. The molecule has 2 aliphatic heterocycles. The number of aromatic nitrogens is 2. The molecule has 0 spiro atoms. The van der Waals surface area contributed by atoms with Gasteiger partial charge in [-0.05, 0) is 35.6 Å². The van der Waals surface area contributed by atoms with E-state index < -0.39 is 0 Å². The van der Waals surface area contributed by atoms with E-state index in [1.807, 2.05) is 18.5 Å². The van der Waals surface area contributed by atoms with Gasteiger partial charge in [-0.25, -0.2) is 9.97 Å². The molecule has 4 rings (SSSR count). The minimum absolute atomic E-state index is 0.186. The highest BCUT2D eigenvalue weighted by atomic mass is 35.5. The van der Waals surface area contributed by atoms with Crippen LogP contribution in [-0.2, 0) is 13.0 Å². The Morgan fingerprint density at radius 2 is 1.82 bits per heavy atom. The zero-order chi connectivity index (χ0) is 19.5. The summed E-state index contributed by atoms with van der Waals surface area (Å²) in [5.41, 5.74) is 2.43. The van der Waals surface area contributed by atoms with E-state index in [1.165, 1.54) is 24.2 Å². The molecule has 0 radical (unpaired) electrons. The second-order valence-corrected chi connectivity index (χ2v) is 8.52. The molecule has 28 heavy (non-hydrogen) atoms. The first-order valence-corrected chi connectivity index (χ1v) is 10.7. The van der Waals surface area contributed by atoms with Crippen molar-refractivity contribution < 1.29 is 4.74 Å². The molecule has 6 heteroatoms. The van der Waals surface area contributed by atoms with Gasteiger partial charge < -0.3 is 9.64 Å². The Labute approximate surface area is 172 Å². The molecule has 0 bridgehead atoms. The molecule has 0 unspecified atom stereocenters. The standard InChI is InChI=1S/C22H29ClN4O/c1-3-17-11-24-22(25-12-17)27-8-6-19(7-9-27)28-21-5-4-18(10-20(21)23)15-26-13-16(2)14-26/h4-5,10-12,16,19H,3,6-9,13-15H2,1-2H3. The van der Waals surface area contributed by atoms with Crippen LogP contribution in [0.1, 0.15) is 37.8 Å². The molecular formula is C22H29ClN4O. The maximum absolute atomic E-state index is 6.50. The number of benzene rings is 1. The van der Waals surface area contributed by atoms with Crippen molar-refractivity contribution in [2.75, 3.05) is 31.1 Å². The van der Waals surface area contributed by atoms with Crippen molar-refractivity contribution in [1.29, 1.82) is 0 Å². The van der Waals surface area contributed by atoms with Crippen molar-refractivity contribution in [3.63, 3.8) is 0 Å². The Hall–Kier alpha value is -1.85. The largest absolute Gasteiger partial charge is 0.489 e. The SMILES string of the molecule is CCc1cnc(N2CCC(Oc3ccc(CN4CC(C)C4)cc3Cl)CC2)nc1. The molecule has 0 amide bonds. The van der Waals surface area contributed by atoms with Gasteiger partial charge in [0.15, 0.2) is 0 Å². The van der Waals surface area contributed by atoms with Crippen LogP contribution in [0.25, 0.3) is 0 Å². The number of rotatable bonds is 6. The van der Waals surface area contributed by atoms with E-state index in [1.54, 1.807) is 0 Å². The Kier molecular flexibility index (Phi) is 6.02. The second kappa shape index (κ2) is 8.66. The van der Waals surface area contributed by atoms with Gasteiger partial charge in [-0.2, -0.15) is 0 Å². The minimum atomic E-state index is 0.186. The molecule has 2 fully saturated rings. The monoisotopic (exact) mass is 400 g/mol. The fourth-order valence-corrected chi connectivity index (χ4v) is 4.25. The number of likely N-dealkylation sites (tertiary alicyclic amines) is 1. The summed E-state index contributed by atoms with van der Waals surface area (Å²) in [6.07, 6.45) is 6.89. The van der Waals surface area contributed by atoms with Crippen molar-refractivity contribution in [3.05, 3.63) is 46.7 Å². The van der Waals surface area contributed by atoms with Gasteiger partial charge in [0, 0.05) is 58.0 Å². The molecule has 0 N–H and O–H groups in total. The third kappa shape index (κ3) is 4.58. The summed E-state index contributed by atoms with van der Waals surface area (Å²) in [5.74, 6) is 2.43. The Morgan fingerprint density at radius 1 is 1.11 bits per heavy atom. The van der Waals surface area contributed by atoms with E-state index in [-0.39, 0.29) is 6.10 Å². The first-order chi connectivity index (χ1) is 13.6. The summed E-state index contributed by atoms with van der Waals surface area (Å²) >= 11 is 6.50. The normalized spacial score (nSPS) is 18.9. The van der Waals surface area contributed by atoms with Crippen LogP contribution in [-0.4, -0.2) is 47.2 Å². The number of ether oxygens (including phenoxy) is 1. The maximum Gasteiger partial charge on any atom is 0.225 e. The van der Waals surface area contributed by atoms with Gasteiger partial charge in [-0.15, -0.1) is 0 Å². The lowest BCUT2D eigenvalue weighted by Crippen LogP contribution is -2.44. The number of nitrogens with zero attached hydrogens (tertiary/aromatic N) is 4. The van der Waals surface area contributed by atoms with Crippen LogP contribution >= 0.6 is 11.6 Å². The lowest BCUT2D eigenvalue weighted by Gasteiger charge is -2.37. The lowest BCUT2D eigenvalue weighted by atomic mass is 10.0. The number of anilines is 1. The summed E-state index contributed by atoms with van der Waals surface area (Å²) in [5, 5.41) is 0.715. The van der Waals surface area contributed by atoms with Crippen LogP contribution in [0.4, 0.5) is 5.95 Å². The lowest BCUT2D eigenvalue weighted by molar-refractivity contribution is 0.105. The van der Waals surface area contributed by atoms with Crippen molar-refractivity contribution >= 4 is 17.5 Å². The Bertz CT molecular complexity index is 784. The summed E-state index contributed by atoms with van der Waals surface area (Å²) < 4.78 is 6.21. The van der Waals surface area contributed by atoms with E-state index in [9.17, 15) is 0 Å². The molecule has 0 saturated carbocycles. The molecule has 0 aliphatic carbocycles. The van der Waals surface area contributed by atoms with Crippen LogP contribution in [0, 0.1) is 5.92 Å². The van der Waals surface area contributed by atoms with E-state index in [0.717, 1.165) is 56.5 Å². The first kappa shape index (κ1) is 19.5. The van der Waals surface area contributed by atoms with Crippen molar-refractivity contribution in [3.8, 4) is 5.75 Å². The molecule has 3 heterocycles. The van der Waals surface area contributed by atoms with E-state index in [0.29, 0.717) is 5.02 Å².